The first kappa shape index (κ1) is 10.6. The summed E-state index contributed by atoms with van der Waals surface area (Å²) in [5, 5.41) is 0. The van der Waals surface area contributed by atoms with Gasteiger partial charge in [-0.2, -0.15) is 0 Å². The molecule has 72 valence electrons. The first-order chi connectivity index (χ1) is 5.51. The quantitative estimate of drug-likeness (QED) is 0.711. The summed E-state index contributed by atoms with van der Waals surface area (Å²) in [6, 6.07) is 0. The van der Waals surface area contributed by atoms with Gasteiger partial charge in [-0.1, -0.05) is 13.8 Å². The van der Waals surface area contributed by atoms with Crippen LogP contribution in [0.2, 0.25) is 0 Å². The van der Waals surface area contributed by atoms with Crippen molar-refractivity contribution in [2.24, 2.45) is 5.41 Å². The van der Waals surface area contributed by atoms with Gasteiger partial charge in [-0.15, -0.1) is 0 Å². The molecule has 0 bridgehead atoms. The van der Waals surface area contributed by atoms with Gasteiger partial charge in [0.1, 0.15) is 0 Å². The number of hydrogen-bond acceptors (Lipinski definition) is 1. The molecule has 0 aromatic carbocycles. The minimum atomic E-state index is -0.930. The number of nitrogens with zero attached hydrogens (tertiary/aromatic N) is 1. The van der Waals surface area contributed by atoms with Crippen molar-refractivity contribution in [2.45, 2.75) is 33.1 Å². The standard InChI is InChI=1S/C8H17NOS2/c1-8(2)4-3-6-9(7-5-8)12(10)11/h3-7H2,1-2H3,(H,10,11). The van der Waals surface area contributed by atoms with Crippen LogP contribution in [-0.2, 0) is 21.1 Å². The molecule has 0 aliphatic carbocycles. The van der Waals surface area contributed by atoms with Crippen molar-refractivity contribution in [3.8, 4) is 0 Å². The molecule has 0 aromatic heterocycles. The fourth-order valence-electron chi connectivity index (χ4n) is 1.55. The van der Waals surface area contributed by atoms with Crippen LogP contribution in [0.5, 0.6) is 0 Å². The van der Waals surface area contributed by atoms with Crippen molar-refractivity contribution >= 4 is 21.1 Å². The third kappa shape index (κ3) is 3.09. The Kier molecular flexibility index (Phi) is 3.64. The first-order valence-corrected chi connectivity index (χ1v) is 6.44. The summed E-state index contributed by atoms with van der Waals surface area (Å²) >= 11 is 4.84. The summed E-state index contributed by atoms with van der Waals surface area (Å²) in [5.74, 6) is 0. The average Bonchev–Trinajstić information content (AvgIpc) is 2.10. The van der Waals surface area contributed by atoms with Crippen molar-refractivity contribution in [3.05, 3.63) is 0 Å². The van der Waals surface area contributed by atoms with Crippen LogP contribution in [0.1, 0.15) is 33.1 Å². The van der Waals surface area contributed by atoms with E-state index in [1.165, 1.54) is 6.42 Å². The van der Waals surface area contributed by atoms with Crippen molar-refractivity contribution in [1.29, 1.82) is 0 Å². The molecule has 1 unspecified atom stereocenters. The molecule has 1 aliphatic heterocycles. The van der Waals surface area contributed by atoms with Crippen LogP contribution in [0.4, 0.5) is 0 Å². The second kappa shape index (κ2) is 4.13. The molecule has 1 N–H and O–H groups in total. The summed E-state index contributed by atoms with van der Waals surface area (Å²) in [4.78, 5) is 0. The molecule has 0 spiro atoms. The van der Waals surface area contributed by atoms with E-state index >= 15 is 0 Å². The molecule has 0 aromatic rings. The molecule has 0 amide bonds. The zero-order chi connectivity index (χ0) is 9.19. The van der Waals surface area contributed by atoms with Gasteiger partial charge in [-0.05, 0) is 35.9 Å². The molecule has 4 heteroatoms. The zero-order valence-corrected chi connectivity index (χ0v) is 9.38. The first-order valence-electron chi connectivity index (χ1n) is 4.37. The molecular formula is C8H17NOS2. The Balaban J connectivity index is 2.50. The second-order valence-corrected chi connectivity index (χ2v) is 6.05. The van der Waals surface area contributed by atoms with Gasteiger partial charge in [-0.3, -0.25) is 0 Å². The summed E-state index contributed by atoms with van der Waals surface area (Å²) in [6.45, 7) is 6.49. The van der Waals surface area contributed by atoms with E-state index in [-0.39, 0.29) is 0 Å². The van der Waals surface area contributed by atoms with E-state index in [9.17, 15) is 4.55 Å². The van der Waals surface area contributed by atoms with Crippen LogP contribution in [0.15, 0.2) is 0 Å². The van der Waals surface area contributed by atoms with Crippen LogP contribution in [0.3, 0.4) is 0 Å². The van der Waals surface area contributed by atoms with Crippen LogP contribution in [0, 0.1) is 5.41 Å². The van der Waals surface area contributed by atoms with Gasteiger partial charge in [-0.25, -0.2) is 4.31 Å². The van der Waals surface area contributed by atoms with Gasteiger partial charge in [0.2, 0.25) is 0 Å². The molecule has 0 saturated carbocycles. The topological polar surface area (TPSA) is 23.5 Å². The number of rotatable bonds is 1. The highest BCUT2D eigenvalue weighted by Crippen LogP contribution is 2.29. The van der Waals surface area contributed by atoms with Gasteiger partial charge in [0.15, 0.2) is 0 Å². The average molecular weight is 207 g/mol. The van der Waals surface area contributed by atoms with Crippen LogP contribution in [0.25, 0.3) is 0 Å². The minimum Gasteiger partial charge on any atom is -0.315 e. The smallest absolute Gasteiger partial charge is 0.0809 e. The van der Waals surface area contributed by atoms with Gasteiger partial charge in [0.05, 0.1) is 9.92 Å². The Hall–Kier alpha value is 0.490. The molecule has 1 aliphatic rings. The fourth-order valence-corrected chi connectivity index (χ4v) is 2.53. The minimum absolute atomic E-state index is 0.434. The van der Waals surface area contributed by atoms with Gasteiger partial charge >= 0.3 is 0 Å². The van der Waals surface area contributed by atoms with Crippen LogP contribution < -0.4 is 0 Å². The Morgan fingerprint density at radius 1 is 1.33 bits per heavy atom. The maximum Gasteiger partial charge on any atom is 0.0809 e. The monoisotopic (exact) mass is 207 g/mol. The third-order valence-electron chi connectivity index (χ3n) is 2.52. The van der Waals surface area contributed by atoms with Crippen molar-refractivity contribution in [1.82, 2.24) is 4.31 Å². The molecule has 12 heavy (non-hydrogen) atoms. The molecule has 1 rings (SSSR count). The maximum absolute atomic E-state index is 9.24. The molecular weight excluding hydrogens is 190 g/mol. The number of hydrogen-bond donors (Lipinski definition) is 1. The summed E-state index contributed by atoms with van der Waals surface area (Å²) in [5.41, 5.74) is 0.434. The predicted octanol–water partition coefficient (Wildman–Crippen LogP) is 1.97. The van der Waals surface area contributed by atoms with E-state index in [0.29, 0.717) is 5.41 Å². The Morgan fingerprint density at radius 2 is 2.00 bits per heavy atom. The lowest BCUT2D eigenvalue weighted by molar-refractivity contribution is 0.316. The fraction of sp³-hybridized carbons (Fsp3) is 1.00. The van der Waals surface area contributed by atoms with E-state index in [2.05, 4.69) is 13.8 Å². The normalized spacial score (nSPS) is 27.9. The lowest BCUT2D eigenvalue weighted by atomic mass is 9.85. The van der Waals surface area contributed by atoms with Crippen molar-refractivity contribution in [3.63, 3.8) is 0 Å². The zero-order valence-electron chi connectivity index (χ0n) is 7.75. The van der Waals surface area contributed by atoms with Gasteiger partial charge in [0, 0.05) is 13.1 Å². The summed E-state index contributed by atoms with van der Waals surface area (Å²) in [7, 11) is -0.930. The summed E-state index contributed by atoms with van der Waals surface area (Å²) in [6.07, 6.45) is 3.55. The highest BCUT2D eigenvalue weighted by Gasteiger charge is 2.23. The predicted molar refractivity (Wildman–Crippen MR) is 56.6 cm³/mol. The van der Waals surface area contributed by atoms with Gasteiger partial charge in [0.25, 0.3) is 0 Å². The Bertz CT molecular complexity index is 182. The van der Waals surface area contributed by atoms with E-state index in [1.807, 2.05) is 4.31 Å². The van der Waals surface area contributed by atoms with E-state index in [1.54, 1.807) is 0 Å². The third-order valence-corrected chi connectivity index (χ3v) is 3.96. The van der Waals surface area contributed by atoms with Crippen LogP contribution in [-0.4, -0.2) is 21.9 Å². The van der Waals surface area contributed by atoms with Crippen molar-refractivity contribution < 1.29 is 4.55 Å². The molecule has 2 nitrogen and oxygen atoms in total. The Labute approximate surface area is 81.9 Å². The van der Waals surface area contributed by atoms with Gasteiger partial charge < -0.3 is 4.55 Å². The maximum atomic E-state index is 9.24. The lowest BCUT2D eigenvalue weighted by Gasteiger charge is -2.22. The molecule has 1 fully saturated rings. The summed E-state index contributed by atoms with van der Waals surface area (Å²) < 4.78 is 11.2. The van der Waals surface area contributed by atoms with E-state index < -0.39 is 9.92 Å². The second-order valence-electron chi connectivity index (χ2n) is 4.18. The molecule has 1 heterocycles. The highest BCUT2D eigenvalue weighted by molar-refractivity contribution is 8.24. The largest absolute Gasteiger partial charge is 0.315 e. The van der Waals surface area contributed by atoms with E-state index in [4.69, 9.17) is 11.2 Å². The Morgan fingerprint density at radius 3 is 2.58 bits per heavy atom. The lowest BCUT2D eigenvalue weighted by Crippen LogP contribution is -2.26. The highest BCUT2D eigenvalue weighted by atomic mass is 32.8. The molecule has 1 atom stereocenters. The SMILES string of the molecule is CC1(C)CCCN(S(O)=S)CC1. The molecule has 0 radical (unpaired) electrons. The molecule has 1 saturated heterocycles. The van der Waals surface area contributed by atoms with Crippen LogP contribution >= 0.6 is 0 Å². The van der Waals surface area contributed by atoms with Crippen molar-refractivity contribution in [2.75, 3.05) is 13.1 Å². The van der Waals surface area contributed by atoms with E-state index in [0.717, 1.165) is 25.9 Å².